The first-order valence-corrected chi connectivity index (χ1v) is 11.4. The van der Waals surface area contributed by atoms with Crippen LogP contribution in [-0.4, -0.2) is 38.8 Å². The molecule has 176 valence electrons. The second-order valence-electron chi connectivity index (χ2n) is 8.86. The maximum atomic E-state index is 13.3. The molecule has 1 aliphatic heterocycles. The smallest absolute Gasteiger partial charge is 0.325 e. The molecule has 8 heteroatoms. The van der Waals surface area contributed by atoms with Gasteiger partial charge in [-0.3, -0.25) is 14.5 Å². The van der Waals surface area contributed by atoms with Crippen LogP contribution in [-0.2, 0) is 15.1 Å². The Bertz CT molecular complexity index is 1410. The molecule has 8 nitrogen and oxygen atoms in total. The highest BCUT2D eigenvalue weighted by Crippen LogP contribution is 2.31. The van der Waals surface area contributed by atoms with Crippen LogP contribution in [0.4, 0.5) is 4.79 Å². The van der Waals surface area contributed by atoms with E-state index >= 15 is 0 Å². The lowest BCUT2D eigenvalue weighted by Crippen LogP contribution is -2.43. The zero-order valence-electron chi connectivity index (χ0n) is 19.4. The number of rotatable bonds is 6. The molecule has 1 saturated heterocycles. The number of benzene rings is 3. The number of hydrogen-bond donors (Lipinski definition) is 2. The topological polar surface area (TPSA) is 96.3 Å². The fourth-order valence-corrected chi connectivity index (χ4v) is 4.40. The van der Waals surface area contributed by atoms with Crippen LogP contribution in [0.5, 0.6) is 0 Å². The van der Waals surface area contributed by atoms with Gasteiger partial charge in [-0.25, -0.2) is 9.78 Å². The van der Waals surface area contributed by atoms with Crippen LogP contribution in [0.3, 0.4) is 0 Å². The summed E-state index contributed by atoms with van der Waals surface area (Å²) >= 11 is 0. The number of nitrogens with zero attached hydrogens (tertiary/aromatic N) is 3. The minimum atomic E-state index is -1.24. The van der Waals surface area contributed by atoms with Gasteiger partial charge in [-0.2, -0.15) is 0 Å². The van der Waals surface area contributed by atoms with Gasteiger partial charge in [0.1, 0.15) is 12.1 Å². The van der Waals surface area contributed by atoms with Crippen molar-refractivity contribution in [3.63, 3.8) is 0 Å². The largest absolute Gasteiger partial charge is 0.348 e. The van der Waals surface area contributed by atoms with Gasteiger partial charge in [0.15, 0.2) is 0 Å². The van der Waals surface area contributed by atoms with Gasteiger partial charge in [0.2, 0.25) is 5.91 Å². The molecule has 1 aliphatic rings. The molecule has 5 rings (SSSR count). The minimum absolute atomic E-state index is 0.299. The van der Waals surface area contributed by atoms with Gasteiger partial charge in [-0.05, 0) is 53.9 Å². The first-order chi connectivity index (χ1) is 16.8. The molecule has 0 unspecified atom stereocenters. The Labute approximate surface area is 202 Å². The molecule has 1 fully saturated rings. The maximum absolute atomic E-state index is 13.3. The quantitative estimate of drug-likeness (QED) is 0.423. The van der Waals surface area contributed by atoms with E-state index in [1.165, 1.54) is 0 Å². The lowest BCUT2D eigenvalue weighted by molar-refractivity contribution is -0.135. The second-order valence-corrected chi connectivity index (χ2v) is 8.86. The van der Waals surface area contributed by atoms with E-state index in [-0.39, 0.29) is 12.6 Å². The third-order valence-corrected chi connectivity index (χ3v) is 6.48. The fourth-order valence-electron chi connectivity index (χ4n) is 4.40. The van der Waals surface area contributed by atoms with Crippen molar-refractivity contribution in [2.45, 2.75) is 25.4 Å². The normalized spacial score (nSPS) is 18.5. The van der Waals surface area contributed by atoms with E-state index in [4.69, 9.17) is 0 Å². The van der Waals surface area contributed by atoms with Crippen molar-refractivity contribution in [1.29, 1.82) is 0 Å². The van der Waals surface area contributed by atoms with Crippen molar-refractivity contribution in [3.8, 4) is 5.69 Å². The third kappa shape index (κ3) is 4.14. The summed E-state index contributed by atoms with van der Waals surface area (Å²) in [6.07, 6.45) is 5.27. The van der Waals surface area contributed by atoms with Crippen LogP contribution in [0.15, 0.2) is 85.5 Å². The summed E-state index contributed by atoms with van der Waals surface area (Å²) in [5.74, 6) is -0.868. The zero-order chi connectivity index (χ0) is 24.6. The molecule has 0 spiro atoms. The van der Waals surface area contributed by atoms with E-state index < -0.39 is 23.4 Å². The summed E-state index contributed by atoms with van der Waals surface area (Å²) in [4.78, 5) is 43.7. The van der Waals surface area contributed by atoms with E-state index in [9.17, 15) is 14.4 Å². The lowest BCUT2D eigenvalue weighted by Gasteiger charge is -2.23. The van der Waals surface area contributed by atoms with Crippen molar-refractivity contribution in [2.75, 3.05) is 6.54 Å². The average Bonchev–Trinajstić information content (AvgIpc) is 3.48. The standard InChI is InChI=1S/C27H25N5O3/c1-18(19-8-11-23(12-9-19)31-14-13-28-17-31)29-24(33)16-32-25(34)27(2,30-26(32)35)22-10-7-20-5-3-4-6-21(20)15-22/h3-15,17-18H,16H2,1-2H3,(H,29,33)(H,30,35)/t18-,27-/m0/s1. The molecule has 0 aliphatic carbocycles. The van der Waals surface area contributed by atoms with E-state index in [0.29, 0.717) is 5.56 Å². The number of imide groups is 1. The Morgan fingerprint density at radius 1 is 1.06 bits per heavy atom. The van der Waals surface area contributed by atoms with Crippen molar-refractivity contribution >= 4 is 28.6 Å². The molecule has 0 saturated carbocycles. The van der Waals surface area contributed by atoms with Crippen molar-refractivity contribution in [1.82, 2.24) is 25.1 Å². The summed E-state index contributed by atoms with van der Waals surface area (Å²) < 4.78 is 1.89. The predicted molar refractivity (Wildman–Crippen MR) is 132 cm³/mol. The molecule has 35 heavy (non-hydrogen) atoms. The number of carbonyl (C=O) groups is 3. The first kappa shape index (κ1) is 22.3. The molecule has 4 aromatic rings. The minimum Gasteiger partial charge on any atom is -0.348 e. The van der Waals surface area contributed by atoms with Gasteiger partial charge < -0.3 is 15.2 Å². The number of nitrogens with one attached hydrogen (secondary N) is 2. The second kappa shape index (κ2) is 8.72. The lowest BCUT2D eigenvalue weighted by atomic mass is 9.90. The van der Waals surface area contributed by atoms with E-state index in [0.717, 1.165) is 26.9 Å². The highest BCUT2D eigenvalue weighted by molar-refractivity contribution is 6.09. The fraction of sp³-hybridized carbons (Fsp3) is 0.185. The Kier molecular flexibility index (Phi) is 5.56. The Balaban J connectivity index is 1.26. The van der Waals surface area contributed by atoms with E-state index in [2.05, 4.69) is 15.6 Å². The van der Waals surface area contributed by atoms with Crippen molar-refractivity contribution in [3.05, 3.63) is 96.6 Å². The van der Waals surface area contributed by atoms with Crippen LogP contribution >= 0.6 is 0 Å². The monoisotopic (exact) mass is 467 g/mol. The van der Waals surface area contributed by atoms with Crippen LogP contribution in [0.2, 0.25) is 0 Å². The predicted octanol–water partition coefficient (Wildman–Crippen LogP) is 3.67. The summed E-state index contributed by atoms with van der Waals surface area (Å²) in [6.45, 7) is 3.17. The van der Waals surface area contributed by atoms with Crippen LogP contribution in [0, 0.1) is 0 Å². The molecule has 0 bridgehead atoms. The number of carbonyl (C=O) groups excluding carboxylic acids is 3. The Hall–Kier alpha value is -4.46. The highest BCUT2D eigenvalue weighted by atomic mass is 16.2. The number of imidazole rings is 1. The van der Waals surface area contributed by atoms with Gasteiger partial charge in [-0.1, -0.05) is 48.5 Å². The summed E-state index contributed by atoms with van der Waals surface area (Å²) in [7, 11) is 0. The number of amides is 4. The van der Waals surface area contributed by atoms with Gasteiger partial charge in [0.25, 0.3) is 5.91 Å². The molecular weight excluding hydrogens is 442 g/mol. The zero-order valence-corrected chi connectivity index (χ0v) is 19.4. The average molecular weight is 468 g/mol. The molecule has 4 amide bonds. The number of aromatic nitrogens is 2. The third-order valence-electron chi connectivity index (χ3n) is 6.48. The molecule has 3 aromatic carbocycles. The molecule has 2 N–H and O–H groups in total. The first-order valence-electron chi connectivity index (χ1n) is 11.4. The highest BCUT2D eigenvalue weighted by Gasteiger charge is 2.49. The van der Waals surface area contributed by atoms with Crippen molar-refractivity contribution < 1.29 is 14.4 Å². The van der Waals surface area contributed by atoms with Gasteiger partial charge in [0.05, 0.1) is 12.4 Å². The Morgan fingerprint density at radius 3 is 2.51 bits per heavy atom. The SMILES string of the molecule is C[C@H](NC(=O)CN1C(=O)N[C@@](C)(c2ccc3ccccc3c2)C1=O)c1ccc(-n2ccnc2)cc1. The number of fused-ring (bicyclic) bond motifs is 1. The molecule has 1 aromatic heterocycles. The molecular formula is C27H25N5O3. The van der Waals surface area contributed by atoms with E-state index in [1.54, 1.807) is 19.4 Å². The summed E-state index contributed by atoms with van der Waals surface area (Å²) in [5.41, 5.74) is 1.29. The van der Waals surface area contributed by atoms with Gasteiger partial charge >= 0.3 is 6.03 Å². The number of urea groups is 1. The van der Waals surface area contributed by atoms with E-state index in [1.807, 2.05) is 84.4 Å². The number of hydrogen-bond acceptors (Lipinski definition) is 4. The van der Waals surface area contributed by atoms with Gasteiger partial charge in [0, 0.05) is 18.1 Å². The van der Waals surface area contributed by atoms with Crippen LogP contribution in [0.1, 0.15) is 31.0 Å². The Morgan fingerprint density at radius 2 is 1.80 bits per heavy atom. The molecule has 0 radical (unpaired) electrons. The molecule has 2 atom stereocenters. The summed E-state index contributed by atoms with van der Waals surface area (Å²) in [5, 5.41) is 7.66. The molecule has 2 heterocycles. The van der Waals surface area contributed by atoms with Crippen LogP contribution in [0.25, 0.3) is 16.5 Å². The summed E-state index contributed by atoms with van der Waals surface area (Å²) in [6, 6.07) is 20.3. The van der Waals surface area contributed by atoms with Crippen LogP contribution < -0.4 is 10.6 Å². The maximum Gasteiger partial charge on any atom is 0.325 e. The van der Waals surface area contributed by atoms with Gasteiger partial charge in [-0.15, -0.1) is 0 Å². The van der Waals surface area contributed by atoms with Crippen molar-refractivity contribution in [2.24, 2.45) is 0 Å².